The van der Waals surface area contributed by atoms with Gasteiger partial charge in [-0.25, -0.2) is 0 Å². The van der Waals surface area contributed by atoms with E-state index >= 15 is 0 Å². The van der Waals surface area contributed by atoms with E-state index in [2.05, 4.69) is 104 Å². The number of para-hydroxylation sites is 4. The maximum Gasteiger partial charge on any atom is 0.215 e. The number of ketones is 1. The van der Waals surface area contributed by atoms with Crippen LogP contribution in [-0.4, -0.2) is 22.7 Å². The molecule has 4 aromatic carbocycles. The lowest BCUT2D eigenvalue weighted by Crippen LogP contribution is -2.46. The van der Waals surface area contributed by atoms with Crippen molar-refractivity contribution in [1.82, 2.24) is 4.58 Å². The van der Waals surface area contributed by atoms with Gasteiger partial charge in [-0.3, -0.25) is 4.79 Å². The quantitative estimate of drug-likeness (QED) is 0.208. The van der Waals surface area contributed by atoms with Gasteiger partial charge in [0.25, 0.3) is 0 Å². The Balaban J connectivity index is 1.31. The van der Waals surface area contributed by atoms with Crippen LogP contribution in [0.15, 0.2) is 133 Å². The average molecular weight is 552 g/mol. The molecule has 1 N–H and O–H groups in total. The van der Waals surface area contributed by atoms with Gasteiger partial charge in [-0.15, -0.1) is 0 Å². The van der Waals surface area contributed by atoms with Gasteiger partial charge in [-0.1, -0.05) is 86.6 Å². The van der Waals surface area contributed by atoms with Crippen molar-refractivity contribution in [3.05, 3.63) is 144 Å². The molecule has 2 heterocycles. The molecule has 1 fully saturated rings. The Kier molecular flexibility index (Phi) is 5.96. The van der Waals surface area contributed by atoms with Gasteiger partial charge < -0.3 is 10.0 Å². The Morgan fingerprint density at radius 3 is 2.02 bits per heavy atom. The number of aliphatic hydroxyl groups excluding tert-OH is 1. The van der Waals surface area contributed by atoms with E-state index in [0.29, 0.717) is 5.57 Å². The van der Waals surface area contributed by atoms with Crippen molar-refractivity contribution in [3.63, 3.8) is 0 Å². The van der Waals surface area contributed by atoms with Gasteiger partial charge in [0.05, 0.1) is 17.4 Å². The zero-order chi connectivity index (χ0) is 29.2. The summed E-state index contributed by atoms with van der Waals surface area (Å²) in [6.45, 7) is 8.76. The Morgan fingerprint density at radius 2 is 1.33 bits per heavy atom. The summed E-state index contributed by atoms with van der Waals surface area (Å²) in [4.78, 5) is 16.1. The van der Waals surface area contributed by atoms with Crippen LogP contribution < -0.4 is 9.48 Å². The van der Waals surface area contributed by atoms with E-state index in [1.165, 1.54) is 11.1 Å². The van der Waals surface area contributed by atoms with Crippen LogP contribution in [-0.2, 0) is 15.6 Å². The van der Waals surface area contributed by atoms with Crippen LogP contribution in [0.25, 0.3) is 0 Å². The third-order valence-electron chi connectivity index (χ3n) is 9.30. The SMILES string of the molecule is CC1(C)C(=CC2C(=O)C(=CC3=[N+](c4ccccc4)c4ccccc4C3(C)C)C2O)N(c2ccccc2)c2ccccc21. The number of benzene rings is 4. The Bertz CT molecular complexity index is 1810. The third kappa shape index (κ3) is 3.79. The normalized spacial score (nSPS) is 23.7. The second-order valence-electron chi connectivity index (χ2n) is 12.5. The summed E-state index contributed by atoms with van der Waals surface area (Å²) in [5.41, 5.74) is 8.48. The standard InChI is InChI=1S/C38H35N2O2/c1-37(2)29-19-11-13-21-31(29)39(25-15-7-5-8-16-25)33(37)23-27-35(41)28(36(27)42)24-34-38(3,4)30-20-12-14-22-32(30)40(34)26-17-9-6-10-18-26/h5-24,27,35,41H,1-4H3/q+1. The van der Waals surface area contributed by atoms with Crippen LogP contribution in [0.5, 0.6) is 0 Å². The highest BCUT2D eigenvalue weighted by atomic mass is 16.3. The molecule has 0 saturated heterocycles. The minimum Gasteiger partial charge on any atom is -0.387 e. The lowest BCUT2D eigenvalue weighted by atomic mass is 9.71. The molecule has 4 heteroatoms. The maximum absolute atomic E-state index is 13.9. The van der Waals surface area contributed by atoms with Gasteiger partial charge in [-0.2, -0.15) is 4.58 Å². The van der Waals surface area contributed by atoms with Crippen LogP contribution >= 0.6 is 0 Å². The number of anilines is 2. The molecule has 208 valence electrons. The van der Waals surface area contributed by atoms with Crippen LogP contribution in [0.2, 0.25) is 0 Å². The number of fused-ring (bicyclic) bond motifs is 2. The monoisotopic (exact) mass is 551 g/mol. The fraction of sp³-hybridized carbons (Fsp3) is 0.211. The first-order chi connectivity index (χ1) is 20.2. The molecule has 0 radical (unpaired) electrons. The van der Waals surface area contributed by atoms with Crippen molar-refractivity contribution in [2.75, 3.05) is 4.90 Å². The van der Waals surface area contributed by atoms with E-state index in [1.54, 1.807) is 0 Å². The topological polar surface area (TPSA) is 43.6 Å². The second-order valence-corrected chi connectivity index (χ2v) is 12.5. The van der Waals surface area contributed by atoms with E-state index in [4.69, 9.17) is 0 Å². The predicted octanol–water partition coefficient (Wildman–Crippen LogP) is 7.75. The zero-order valence-electron chi connectivity index (χ0n) is 24.5. The molecule has 4 aromatic rings. The molecule has 1 saturated carbocycles. The molecule has 4 nitrogen and oxygen atoms in total. The van der Waals surface area contributed by atoms with Crippen LogP contribution in [0.4, 0.5) is 22.7 Å². The van der Waals surface area contributed by atoms with E-state index in [1.807, 2.05) is 54.6 Å². The number of nitrogens with zero attached hydrogens (tertiary/aromatic N) is 2. The Morgan fingerprint density at radius 1 is 0.738 bits per heavy atom. The first-order valence-electron chi connectivity index (χ1n) is 14.6. The lowest BCUT2D eigenvalue weighted by Gasteiger charge is -2.35. The molecule has 0 aromatic heterocycles. The van der Waals surface area contributed by atoms with Crippen molar-refractivity contribution in [3.8, 4) is 0 Å². The number of hydrogen-bond acceptors (Lipinski definition) is 3. The van der Waals surface area contributed by atoms with Crippen molar-refractivity contribution < 1.29 is 9.90 Å². The number of hydrogen-bond donors (Lipinski definition) is 1. The summed E-state index contributed by atoms with van der Waals surface area (Å²) in [6.07, 6.45) is 3.07. The second kappa shape index (κ2) is 9.50. The third-order valence-corrected chi connectivity index (χ3v) is 9.30. The number of carbonyl (C=O) groups excluding carboxylic acids is 1. The highest BCUT2D eigenvalue weighted by Crippen LogP contribution is 2.52. The molecule has 0 spiro atoms. The first kappa shape index (κ1) is 26.4. The molecular formula is C38H35N2O2+. The molecule has 2 atom stereocenters. The largest absolute Gasteiger partial charge is 0.387 e. The minimum atomic E-state index is -0.883. The molecule has 2 unspecified atom stereocenters. The van der Waals surface area contributed by atoms with Crippen LogP contribution in [0.1, 0.15) is 38.8 Å². The van der Waals surface area contributed by atoms with E-state index in [0.717, 1.165) is 34.2 Å². The molecule has 7 rings (SSSR count). The smallest absolute Gasteiger partial charge is 0.215 e. The maximum atomic E-state index is 13.9. The van der Waals surface area contributed by atoms with Gasteiger partial charge in [0, 0.05) is 57.9 Å². The fourth-order valence-electron chi connectivity index (χ4n) is 6.95. The predicted molar refractivity (Wildman–Crippen MR) is 171 cm³/mol. The van der Waals surface area contributed by atoms with E-state index < -0.39 is 12.0 Å². The van der Waals surface area contributed by atoms with E-state index in [9.17, 15) is 9.90 Å². The molecule has 3 aliphatic rings. The fourth-order valence-corrected chi connectivity index (χ4v) is 6.95. The van der Waals surface area contributed by atoms with Crippen molar-refractivity contribution in [1.29, 1.82) is 0 Å². The first-order valence-corrected chi connectivity index (χ1v) is 14.6. The Hall–Kier alpha value is -4.54. The van der Waals surface area contributed by atoms with E-state index in [-0.39, 0.29) is 16.6 Å². The lowest BCUT2D eigenvalue weighted by molar-refractivity contribution is -0.127. The average Bonchev–Trinajstić information content (AvgIpc) is 3.38. The minimum absolute atomic E-state index is 0.0259. The summed E-state index contributed by atoms with van der Waals surface area (Å²) in [5, 5.41) is 11.6. The number of aliphatic hydroxyl groups is 1. The van der Waals surface area contributed by atoms with Gasteiger partial charge in [-0.05, 0) is 43.7 Å². The van der Waals surface area contributed by atoms with Gasteiger partial charge >= 0.3 is 0 Å². The van der Waals surface area contributed by atoms with Gasteiger partial charge in [0.2, 0.25) is 11.4 Å². The van der Waals surface area contributed by atoms with Crippen LogP contribution in [0, 0.1) is 5.92 Å². The molecule has 0 amide bonds. The molecule has 0 bridgehead atoms. The zero-order valence-corrected chi connectivity index (χ0v) is 24.5. The Labute approximate surface area is 247 Å². The summed E-state index contributed by atoms with van der Waals surface area (Å²) in [6, 6.07) is 37.3. The number of allylic oxidation sites excluding steroid dienone is 2. The van der Waals surface area contributed by atoms with Crippen LogP contribution in [0.3, 0.4) is 0 Å². The molecule has 42 heavy (non-hydrogen) atoms. The van der Waals surface area contributed by atoms with Gasteiger partial charge in [0.15, 0.2) is 11.5 Å². The summed E-state index contributed by atoms with van der Waals surface area (Å²) in [7, 11) is 0. The summed E-state index contributed by atoms with van der Waals surface area (Å²) < 4.78 is 2.22. The van der Waals surface area contributed by atoms with Crippen molar-refractivity contribution in [2.24, 2.45) is 5.92 Å². The highest BCUT2D eigenvalue weighted by Gasteiger charge is 2.50. The summed E-state index contributed by atoms with van der Waals surface area (Å²) in [5.74, 6) is -0.634. The number of Topliss-reactive ketones (excluding diaryl/α,β-unsaturated/α-hetero) is 1. The van der Waals surface area contributed by atoms with Gasteiger partial charge in [0.1, 0.15) is 0 Å². The summed E-state index contributed by atoms with van der Waals surface area (Å²) >= 11 is 0. The molecule has 1 aliphatic carbocycles. The molecular weight excluding hydrogens is 516 g/mol. The van der Waals surface area contributed by atoms with Crippen molar-refractivity contribution >= 4 is 34.2 Å². The number of rotatable bonds is 4. The van der Waals surface area contributed by atoms with Crippen molar-refractivity contribution in [2.45, 2.75) is 44.6 Å². The molecule has 2 aliphatic heterocycles. The number of carbonyl (C=O) groups is 1. The highest BCUT2D eigenvalue weighted by molar-refractivity contribution is 6.17.